The number of halogens is 1. The Hall–Kier alpha value is -1.36. The summed E-state index contributed by atoms with van der Waals surface area (Å²) in [6.07, 6.45) is 4.04. The van der Waals surface area contributed by atoms with Gasteiger partial charge in [0.1, 0.15) is 0 Å². The lowest BCUT2D eigenvalue weighted by molar-refractivity contribution is -0.153. The number of carboxylic acid groups (broad SMARTS) is 1. The summed E-state index contributed by atoms with van der Waals surface area (Å²) in [6, 6.07) is 5.66. The maximum atomic E-state index is 12.2. The second-order valence-corrected chi connectivity index (χ2v) is 6.71. The SMILES string of the molecule is Cc1ccc(NC(=O)CC2(C(=O)O)CCCCC2)c(Br)c1. The fraction of sp³-hybridized carbons (Fsp3) is 0.500. The number of anilines is 1. The summed E-state index contributed by atoms with van der Waals surface area (Å²) in [5.74, 6) is -1.08. The first-order valence-corrected chi connectivity index (χ1v) is 8.02. The molecule has 0 bridgehead atoms. The summed E-state index contributed by atoms with van der Waals surface area (Å²) in [6.45, 7) is 1.97. The standard InChI is InChI=1S/C16H20BrNO3/c1-11-5-6-13(12(17)9-11)18-14(19)10-16(15(20)21)7-3-2-4-8-16/h5-6,9H,2-4,7-8,10H2,1H3,(H,18,19)(H,20,21). The molecule has 2 rings (SSSR count). The predicted molar refractivity (Wildman–Crippen MR) is 85.3 cm³/mol. The molecule has 1 aromatic rings. The Labute approximate surface area is 133 Å². The molecule has 1 aliphatic rings. The van der Waals surface area contributed by atoms with Crippen molar-refractivity contribution in [2.45, 2.75) is 45.4 Å². The Morgan fingerprint density at radius 1 is 1.29 bits per heavy atom. The van der Waals surface area contributed by atoms with Gasteiger partial charge in [0.05, 0.1) is 11.1 Å². The van der Waals surface area contributed by atoms with E-state index >= 15 is 0 Å². The molecule has 0 spiro atoms. The van der Waals surface area contributed by atoms with Crippen molar-refractivity contribution >= 4 is 33.5 Å². The maximum Gasteiger partial charge on any atom is 0.310 e. The summed E-state index contributed by atoms with van der Waals surface area (Å²) < 4.78 is 0.809. The molecule has 4 nitrogen and oxygen atoms in total. The van der Waals surface area contributed by atoms with Gasteiger partial charge in [-0.25, -0.2) is 0 Å². The minimum absolute atomic E-state index is 0.0443. The molecule has 0 atom stereocenters. The summed E-state index contributed by atoms with van der Waals surface area (Å²) in [5, 5.41) is 12.3. The zero-order valence-corrected chi connectivity index (χ0v) is 13.7. The van der Waals surface area contributed by atoms with Crippen LogP contribution in [0.15, 0.2) is 22.7 Å². The van der Waals surface area contributed by atoms with Crippen molar-refractivity contribution in [1.82, 2.24) is 0 Å². The van der Waals surface area contributed by atoms with Gasteiger partial charge in [0.25, 0.3) is 0 Å². The van der Waals surface area contributed by atoms with E-state index in [4.69, 9.17) is 0 Å². The van der Waals surface area contributed by atoms with Crippen molar-refractivity contribution in [1.29, 1.82) is 0 Å². The number of amides is 1. The zero-order valence-electron chi connectivity index (χ0n) is 12.1. The molecule has 0 aromatic heterocycles. The lowest BCUT2D eigenvalue weighted by Crippen LogP contribution is -2.37. The summed E-state index contributed by atoms with van der Waals surface area (Å²) in [4.78, 5) is 23.8. The molecule has 5 heteroatoms. The normalized spacial score (nSPS) is 17.2. The van der Waals surface area contributed by atoms with Crippen molar-refractivity contribution in [3.05, 3.63) is 28.2 Å². The van der Waals surface area contributed by atoms with Crippen LogP contribution in [0.25, 0.3) is 0 Å². The Morgan fingerprint density at radius 3 is 2.52 bits per heavy atom. The smallest absolute Gasteiger partial charge is 0.310 e. The molecule has 0 heterocycles. The van der Waals surface area contributed by atoms with Crippen LogP contribution >= 0.6 is 15.9 Å². The summed E-state index contributed by atoms with van der Waals surface area (Å²) in [7, 11) is 0. The number of hydrogen-bond donors (Lipinski definition) is 2. The Kier molecular flexibility index (Phi) is 5.04. The van der Waals surface area contributed by atoms with Crippen LogP contribution in [-0.2, 0) is 9.59 Å². The van der Waals surface area contributed by atoms with Crippen LogP contribution in [0, 0.1) is 12.3 Å². The van der Waals surface area contributed by atoms with Crippen LogP contribution in [-0.4, -0.2) is 17.0 Å². The highest BCUT2D eigenvalue weighted by molar-refractivity contribution is 9.10. The van der Waals surface area contributed by atoms with Gasteiger partial charge in [0, 0.05) is 10.9 Å². The van der Waals surface area contributed by atoms with Gasteiger partial charge in [0.15, 0.2) is 0 Å². The molecular weight excluding hydrogens is 334 g/mol. The van der Waals surface area contributed by atoms with E-state index < -0.39 is 11.4 Å². The molecule has 2 N–H and O–H groups in total. The third-order valence-corrected chi connectivity index (χ3v) is 4.82. The van der Waals surface area contributed by atoms with Crippen molar-refractivity contribution in [3.8, 4) is 0 Å². The molecule has 1 aromatic carbocycles. The van der Waals surface area contributed by atoms with Gasteiger partial charge in [-0.1, -0.05) is 25.3 Å². The second-order valence-electron chi connectivity index (χ2n) is 5.85. The molecule has 21 heavy (non-hydrogen) atoms. The molecule has 1 aliphatic carbocycles. The van der Waals surface area contributed by atoms with Crippen LogP contribution < -0.4 is 5.32 Å². The highest BCUT2D eigenvalue weighted by Gasteiger charge is 2.41. The number of carboxylic acids is 1. The zero-order chi connectivity index (χ0) is 15.5. The molecule has 1 saturated carbocycles. The van der Waals surface area contributed by atoms with Crippen LogP contribution in [0.3, 0.4) is 0 Å². The van der Waals surface area contributed by atoms with E-state index in [-0.39, 0.29) is 12.3 Å². The van der Waals surface area contributed by atoms with Gasteiger partial charge < -0.3 is 10.4 Å². The van der Waals surface area contributed by atoms with E-state index in [1.54, 1.807) is 0 Å². The van der Waals surface area contributed by atoms with Gasteiger partial charge in [0.2, 0.25) is 5.91 Å². The van der Waals surface area contributed by atoms with E-state index in [9.17, 15) is 14.7 Å². The van der Waals surface area contributed by atoms with E-state index in [0.717, 1.165) is 29.3 Å². The number of aryl methyl sites for hydroxylation is 1. The van der Waals surface area contributed by atoms with Crippen LogP contribution in [0.1, 0.15) is 44.1 Å². The van der Waals surface area contributed by atoms with Crippen molar-refractivity contribution in [2.24, 2.45) is 5.41 Å². The molecular formula is C16H20BrNO3. The lowest BCUT2D eigenvalue weighted by Gasteiger charge is -2.32. The molecule has 0 aliphatic heterocycles. The topological polar surface area (TPSA) is 66.4 Å². The number of nitrogens with one attached hydrogen (secondary N) is 1. The molecule has 1 fully saturated rings. The second kappa shape index (κ2) is 6.60. The predicted octanol–water partition coefficient (Wildman–Crippen LogP) is 4.12. The van der Waals surface area contributed by atoms with Crippen molar-refractivity contribution in [2.75, 3.05) is 5.32 Å². The van der Waals surface area contributed by atoms with Gasteiger partial charge in [-0.15, -0.1) is 0 Å². The first kappa shape index (κ1) is 16.0. The first-order chi connectivity index (χ1) is 9.93. The molecule has 1 amide bonds. The van der Waals surface area contributed by atoms with E-state index in [2.05, 4.69) is 21.2 Å². The molecule has 0 unspecified atom stereocenters. The molecule has 0 radical (unpaired) electrons. The van der Waals surface area contributed by atoms with Crippen LogP contribution in [0.4, 0.5) is 5.69 Å². The molecule has 114 valence electrons. The Balaban J connectivity index is 2.07. The summed E-state index contributed by atoms with van der Waals surface area (Å²) in [5.41, 5.74) is 0.885. The van der Waals surface area contributed by atoms with E-state index in [1.807, 2.05) is 25.1 Å². The van der Waals surface area contributed by atoms with Crippen molar-refractivity contribution in [3.63, 3.8) is 0 Å². The minimum Gasteiger partial charge on any atom is -0.481 e. The minimum atomic E-state index is -0.889. The number of carbonyl (C=O) groups is 2. The molecule has 0 saturated heterocycles. The third kappa shape index (κ3) is 3.84. The highest BCUT2D eigenvalue weighted by atomic mass is 79.9. The van der Waals surface area contributed by atoms with Crippen LogP contribution in [0.2, 0.25) is 0 Å². The van der Waals surface area contributed by atoms with Gasteiger partial charge >= 0.3 is 5.97 Å². The average molecular weight is 354 g/mol. The quantitative estimate of drug-likeness (QED) is 0.855. The average Bonchev–Trinajstić information content (AvgIpc) is 2.43. The fourth-order valence-electron chi connectivity index (χ4n) is 2.92. The van der Waals surface area contributed by atoms with E-state index in [1.165, 1.54) is 0 Å². The largest absolute Gasteiger partial charge is 0.481 e. The Morgan fingerprint density at radius 2 is 1.95 bits per heavy atom. The van der Waals surface area contributed by atoms with Gasteiger partial charge in [-0.3, -0.25) is 9.59 Å². The van der Waals surface area contributed by atoms with Gasteiger partial charge in [-0.2, -0.15) is 0 Å². The Bertz CT molecular complexity index is 550. The number of aliphatic carboxylic acids is 1. The number of rotatable bonds is 4. The van der Waals surface area contributed by atoms with Gasteiger partial charge in [-0.05, 0) is 53.4 Å². The number of carbonyl (C=O) groups excluding carboxylic acids is 1. The highest BCUT2D eigenvalue weighted by Crippen LogP contribution is 2.40. The van der Waals surface area contributed by atoms with Crippen LogP contribution in [0.5, 0.6) is 0 Å². The monoisotopic (exact) mass is 353 g/mol. The number of hydrogen-bond acceptors (Lipinski definition) is 2. The first-order valence-electron chi connectivity index (χ1n) is 7.22. The lowest BCUT2D eigenvalue weighted by atomic mass is 9.71. The van der Waals surface area contributed by atoms with Crippen molar-refractivity contribution < 1.29 is 14.7 Å². The summed E-state index contributed by atoms with van der Waals surface area (Å²) >= 11 is 3.41. The number of benzene rings is 1. The fourth-order valence-corrected chi connectivity index (χ4v) is 3.51. The third-order valence-electron chi connectivity index (χ3n) is 4.16. The van der Waals surface area contributed by atoms with E-state index in [0.29, 0.717) is 18.5 Å². The maximum absolute atomic E-state index is 12.2.